The molecule has 44 heavy (non-hydrogen) atoms. The molecule has 1 fully saturated rings. The van der Waals surface area contributed by atoms with Crippen molar-refractivity contribution in [3.8, 4) is 29.2 Å². The summed E-state index contributed by atoms with van der Waals surface area (Å²) in [4.78, 5) is 4.28. The number of hydrogen-bond acceptors (Lipinski definition) is 7. The van der Waals surface area contributed by atoms with Crippen LogP contribution in [0, 0.1) is 30.9 Å². The minimum Gasteiger partial charge on any atom is -0.391 e. The third kappa shape index (κ3) is 5.69. The first-order valence-corrected chi connectivity index (χ1v) is 13.5. The second-order valence-electron chi connectivity index (χ2n) is 10.2. The molecule has 2 N–H and O–H groups in total. The van der Waals surface area contributed by atoms with Crippen molar-refractivity contribution in [1.29, 1.82) is 0 Å². The first-order valence-electron chi connectivity index (χ1n) is 13.1. The maximum atomic E-state index is 14.4. The number of terminal acetylenes is 1. The van der Waals surface area contributed by atoms with Gasteiger partial charge in [0, 0.05) is 23.9 Å². The van der Waals surface area contributed by atoms with Gasteiger partial charge in [-0.2, -0.15) is 23.4 Å². The Morgan fingerprint density at radius 1 is 1.16 bits per heavy atom. The molecule has 1 aliphatic heterocycles. The number of aryl methyl sites for hydroxylation is 1. The Morgan fingerprint density at radius 3 is 2.43 bits per heavy atom. The molecule has 5 rings (SSSR count). The molecule has 4 aromatic rings. The highest BCUT2D eigenvalue weighted by molar-refractivity contribution is 6.30. The van der Waals surface area contributed by atoms with Crippen LogP contribution < -0.4 is 0 Å². The maximum Gasteiger partial charge on any atom is 0.418 e. The number of alkyl halides is 3. The predicted octanol–water partition coefficient (Wildman–Crippen LogP) is 4.81. The van der Waals surface area contributed by atoms with Crippen LogP contribution in [-0.4, -0.2) is 66.3 Å². The van der Waals surface area contributed by atoms with Crippen LogP contribution >= 0.6 is 11.6 Å². The van der Waals surface area contributed by atoms with Crippen molar-refractivity contribution in [2.45, 2.75) is 56.6 Å². The Labute approximate surface area is 252 Å². The first kappa shape index (κ1) is 31.6. The molecule has 0 radical (unpaired) electrons. The molecule has 0 bridgehead atoms. The second kappa shape index (κ2) is 11.9. The van der Waals surface area contributed by atoms with E-state index < -0.39 is 71.2 Å². The van der Waals surface area contributed by atoms with Crippen molar-refractivity contribution in [1.82, 2.24) is 24.5 Å². The topological polar surface area (TPSA) is 107 Å². The van der Waals surface area contributed by atoms with Gasteiger partial charge in [-0.3, -0.25) is 4.68 Å². The molecule has 2 aromatic carbocycles. The largest absolute Gasteiger partial charge is 0.418 e. The Bertz CT molecular complexity index is 1710. The van der Waals surface area contributed by atoms with E-state index in [1.165, 1.54) is 38.0 Å². The SMILES string of the molecule is C#Cc1c(F)cc(-c2cnn(C3C(O)[C@H](c4nc(C)nn4-c4cc(Cl)ccc4C(F)(F)F)OC(C(C)O)[C@@H]3OC)c2)cc1F. The molecule has 3 heterocycles. The fourth-order valence-electron chi connectivity index (χ4n) is 5.32. The zero-order valence-electron chi connectivity index (χ0n) is 23.3. The summed E-state index contributed by atoms with van der Waals surface area (Å²) < 4.78 is 84.7. The first-order chi connectivity index (χ1) is 20.7. The molecule has 0 spiro atoms. The molecule has 1 aliphatic rings. The molecule has 15 heteroatoms. The van der Waals surface area contributed by atoms with Crippen LogP contribution in [0.3, 0.4) is 0 Å². The highest BCUT2D eigenvalue weighted by Crippen LogP contribution is 2.42. The van der Waals surface area contributed by atoms with Gasteiger partial charge in [-0.05, 0) is 49.7 Å². The van der Waals surface area contributed by atoms with Gasteiger partial charge in [0.2, 0.25) is 0 Å². The van der Waals surface area contributed by atoms with E-state index in [2.05, 4.69) is 15.2 Å². The molecule has 2 aromatic heterocycles. The average molecular weight is 638 g/mol. The molecule has 232 valence electrons. The molecule has 0 aliphatic carbocycles. The standard InChI is InChI=1S/C29H25ClF5N5O4/c1-5-18-20(31)8-15(9-21(18)32)16-11-36-39(12-16)23-24(42)27(44-25(13(2)41)26(23)43-4)28-37-14(3)38-40(28)22-10-17(30)6-7-19(22)29(33,34)35/h1,6-13,23-27,41-42H,2-4H3/t13?,23?,24?,25?,26-,27-/m1/s1. The number of benzene rings is 2. The zero-order chi connectivity index (χ0) is 32.1. The highest BCUT2D eigenvalue weighted by atomic mass is 35.5. The normalized spacial score (nSPS) is 23.0. The molecule has 1 saturated heterocycles. The number of rotatable bonds is 6. The van der Waals surface area contributed by atoms with Gasteiger partial charge in [0.15, 0.2) is 5.82 Å². The molecule has 4 unspecified atom stereocenters. The molecule has 0 saturated carbocycles. The van der Waals surface area contributed by atoms with Gasteiger partial charge < -0.3 is 19.7 Å². The highest BCUT2D eigenvalue weighted by Gasteiger charge is 2.51. The van der Waals surface area contributed by atoms with Crippen molar-refractivity contribution in [3.63, 3.8) is 0 Å². The number of halogens is 6. The van der Waals surface area contributed by atoms with E-state index in [1.54, 1.807) is 0 Å². The Morgan fingerprint density at radius 2 is 1.84 bits per heavy atom. The summed E-state index contributed by atoms with van der Waals surface area (Å²) in [5.41, 5.74) is -1.71. The van der Waals surface area contributed by atoms with Crippen molar-refractivity contribution < 1.29 is 41.6 Å². The molecule has 0 amide bonds. The number of ether oxygens (including phenoxy) is 2. The van der Waals surface area contributed by atoms with E-state index in [9.17, 15) is 32.2 Å². The summed E-state index contributed by atoms with van der Waals surface area (Å²) in [5, 5.41) is 30.8. The van der Waals surface area contributed by atoms with Gasteiger partial charge >= 0.3 is 6.18 Å². The smallest absolute Gasteiger partial charge is 0.391 e. The summed E-state index contributed by atoms with van der Waals surface area (Å²) in [6, 6.07) is 3.86. The quantitative estimate of drug-likeness (QED) is 0.231. The van der Waals surface area contributed by atoms with E-state index in [1.807, 2.05) is 5.92 Å². The number of hydrogen-bond donors (Lipinski definition) is 2. The Balaban J connectivity index is 1.62. The monoisotopic (exact) mass is 637 g/mol. The fourth-order valence-corrected chi connectivity index (χ4v) is 5.48. The Hall–Kier alpha value is -3.87. The number of methoxy groups -OCH3 is 1. The van der Waals surface area contributed by atoms with Crippen molar-refractivity contribution in [2.24, 2.45) is 0 Å². The lowest BCUT2D eigenvalue weighted by Crippen LogP contribution is -2.56. The minimum absolute atomic E-state index is 0.0105. The molecular formula is C29H25ClF5N5O4. The minimum atomic E-state index is -4.79. The summed E-state index contributed by atoms with van der Waals surface area (Å²) in [6.45, 7) is 2.85. The van der Waals surface area contributed by atoms with Crippen molar-refractivity contribution >= 4 is 11.6 Å². The van der Waals surface area contributed by atoms with Crippen LogP contribution in [0.1, 0.15) is 41.8 Å². The Kier molecular flexibility index (Phi) is 8.54. The van der Waals surface area contributed by atoms with Crippen molar-refractivity contribution in [3.05, 3.63) is 82.2 Å². The van der Waals surface area contributed by atoms with Gasteiger partial charge in [-0.1, -0.05) is 17.5 Å². The van der Waals surface area contributed by atoms with E-state index in [4.69, 9.17) is 27.5 Å². The number of aliphatic hydroxyl groups is 2. The van der Waals surface area contributed by atoms with Gasteiger partial charge in [-0.15, -0.1) is 6.42 Å². The lowest BCUT2D eigenvalue weighted by Gasteiger charge is -2.45. The zero-order valence-corrected chi connectivity index (χ0v) is 24.1. The van der Waals surface area contributed by atoms with Crippen LogP contribution in [-0.2, 0) is 15.7 Å². The van der Waals surface area contributed by atoms with E-state index in [0.29, 0.717) is 0 Å². The molecular weight excluding hydrogens is 613 g/mol. The van der Waals surface area contributed by atoms with Crippen LogP contribution in [0.5, 0.6) is 0 Å². The average Bonchev–Trinajstić information content (AvgIpc) is 3.58. The van der Waals surface area contributed by atoms with Crippen molar-refractivity contribution in [2.75, 3.05) is 7.11 Å². The van der Waals surface area contributed by atoms with E-state index >= 15 is 0 Å². The third-order valence-electron chi connectivity index (χ3n) is 7.28. The second-order valence-corrected chi connectivity index (χ2v) is 10.6. The van der Waals surface area contributed by atoms with E-state index in [-0.39, 0.29) is 27.8 Å². The molecule has 6 atom stereocenters. The van der Waals surface area contributed by atoms with E-state index in [0.717, 1.165) is 35.0 Å². The van der Waals surface area contributed by atoms with Gasteiger partial charge in [0.25, 0.3) is 0 Å². The lowest BCUT2D eigenvalue weighted by molar-refractivity contribution is -0.230. The van der Waals surface area contributed by atoms with Crippen LogP contribution in [0.15, 0.2) is 42.7 Å². The van der Waals surface area contributed by atoms with Gasteiger partial charge in [-0.25, -0.2) is 18.4 Å². The van der Waals surface area contributed by atoms with Crippen LogP contribution in [0.4, 0.5) is 22.0 Å². The summed E-state index contributed by atoms with van der Waals surface area (Å²) in [6.07, 6.45) is -3.42. The summed E-state index contributed by atoms with van der Waals surface area (Å²) in [5.74, 6) is -0.126. The van der Waals surface area contributed by atoms with Crippen LogP contribution in [0.2, 0.25) is 5.02 Å². The third-order valence-corrected chi connectivity index (χ3v) is 7.52. The molecule has 9 nitrogen and oxygen atoms in total. The predicted molar refractivity (Wildman–Crippen MR) is 147 cm³/mol. The fraction of sp³-hybridized carbons (Fsp3) is 0.345. The number of aliphatic hydroxyl groups excluding tert-OH is 2. The summed E-state index contributed by atoms with van der Waals surface area (Å²) >= 11 is 6.06. The number of aromatic nitrogens is 5. The number of nitrogens with zero attached hydrogens (tertiary/aromatic N) is 5. The van der Waals surface area contributed by atoms with Gasteiger partial charge in [0.05, 0.1) is 29.1 Å². The summed E-state index contributed by atoms with van der Waals surface area (Å²) in [7, 11) is 1.31. The van der Waals surface area contributed by atoms with Gasteiger partial charge in [0.1, 0.15) is 47.9 Å². The lowest BCUT2D eigenvalue weighted by atomic mass is 9.89. The van der Waals surface area contributed by atoms with Crippen LogP contribution in [0.25, 0.3) is 16.8 Å². The maximum absolute atomic E-state index is 14.4.